The van der Waals surface area contributed by atoms with Crippen molar-refractivity contribution in [2.75, 3.05) is 32.4 Å². The van der Waals surface area contributed by atoms with Gasteiger partial charge in [0.05, 0.1) is 6.26 Å². The summed E-state index contributed by atoms with van der Waals surface area (Å²) in [6.45, 7) is 2.69. The zero-order valence-electron chi connectivity index (χ0n) is 16.4. The maximum absolute atomic E-state index is 12.6. The molecule has 0 radical (unpaired) electrons. The minimum Gasteiger partial charge on any atom is -0.445 e. The average molecular weight is 422 g/mol. The first-order valence-corrected chi connectivity index (χ1v) is 11.0. The van der Waals surface area contributed by atoms with Crippen LogP contribution in [0.1, 0.15) is 11.1 Å². The molecule has 0 atom stereocenters. The molecular weight excluding hydrogens is 394 g/mol. The molecule has 0 aliphatic rings. The van der Waals surface area contributed by atoms with Crippen molar-refractivity contribution >= 4 is 16.2 Å². The topological polar surface area (TPSA) is 111 Å². The third kappa shape index (κ3) is 8.95. The van der Waals surface area contributed by atoms with E-state index < -0.39 is 16.2 Å². The molecule has 9 heteroatoms. The molecule has 0 unspecified atom stereocenters. The molecule has 2 rings (SSSR count). The summed E-state index contributed by atoms with van der Waals surface area (Å²) in [7, 11) is -3.58. The van der Waals surface area contributed by atoms with Crippen LogP contribution in [-0.4, -0.2) is 51.8 Å². The molecule has 8 nitrogen and oxygen atoms in total. The van der Waals surface area contributed by atoms with Gasteiger partial charge in [0, 0.05) is 32.7 Å². The molecule has 0 bridgehead atoms. The fraction of sp³-hybridized carbons (Fsp3) is 0.350. The van der Waals surface area contributed by atoms with Crippen LogP contribution in [-0.2, 0) is 28.0 Å². The van der Waals surface area contributed by atoms with Crippen molar-refractivity contribution in [1.29, 1.82) is 0 Å². The van der Waals surface area contributed by atoms with Gasteiger partial charge in [0.15, 0.2) is 0 Å². The number of rotatable bonds is 11. The van der Waals surface area contributed by atoms with Crippen LogP contribution < -0.4 is 15.2 Å². The number of hydrogen-bond acceptors (Lipinski definition) is 7. The molecule has 1 amide bonds. The SMILES string of the molecule is CS(=O)(=O)Oc1ccc(CN(CCNCCN)C(=O)OCc2ccccc2)cc1. The molecule has 0 aromatic heterocycles. The number of nitrogens with one attached hydrogen (secondary N) is 1. The minimum absolute atomic E-state index is 0.188. The first-order chi connectivity index (χ1) is 13.9. The van der Waals surface area contributed by atoms with Gasteiger partial charge in [-0.25, -0.2) is 4.79 Å². The first kappa shape index (κ1) is 22.7. The summed E-state index contributed by atoms with van der Waals surface area (Å²) in [4.78, 5) is 14.2. The van der Waals surface area contributed by atoms with Gasteiger partial charge in [-0.2, -0.15) is 8.42 Å². The summed E-state index contributed by atoms with van der Waals surface area (Å²) in [5.41, 5.74) is 7.20. The molecule has 0 saturated heterocycles. The lowest BCUT2D eigenvalue weighted by atomic mass is 10.2. The zero-order chi connectivity index (χ0) is 21.1. The Morgan fingerprint density at radius 3 is 2.34 bits per heavy atom. The fourth-order valence-electron chi connectivity index (χ4n) is 2.53. The van der Waals surface area contributed by atoms with E-state index >= 15 is 0 Å². The molecule has 158 valence electrons. The van der Waals surface area contributed by atoms with Crippen LogP contribution >= 0.6 is 0 Å². The highest BCUT2D eigenvalue weighted by Gasteiger charge is 2.16. The lowest BCUT2D eigenvalue weighted by Crippen LogP contribution is -2.38. The van der Waals surface area contributed by atoms with Gasteiger partial charge in [0.25, 0.3) is 0 Å². The second-order valence-electron chi connectivity index (χ2n) is 6.43. The van der Waals surface area contributed by atoms with Gasteiger partial charge in [-0.05, 0) is 23.3 Å². The number of nitrogens with two attached hydrogens (primary N) is 1. The maximum Gasteiger partial charge on any atom is 0.410 e. The van der Waals surface area contributed by atoms with Gasteiger partial charge < -0.3 is 24.9 Å². The van der Waals surface area contributed by atoms with E-state index in [1.807, 2.05) is 30.3 Å². The van der Waals surface area contributed by atoms with E-state index in [0.717, 1.165) is 17.4 Å². The standard InChI is InChI=1S/C20H27N3O5S/c1-29(25,26)28-19-9-7-17(8-10-19)15-23(14-13-22-12-11-21)20(24)27-16-18-5-3-2-4-6-18/h2-10,22H,11-16,21H2,1H3. The molecule has 29 heavy (non-hydrogen) atoms. The van der Waals surface area contributed by atoms with Crippen LogP contribution in [0.4, 0.5) is 4.79 Å². The van der Waals surface area contributed by atoms with Gasteiger partial charge in [-0.3, -0.25) is 0 Å². The molecule has 3 N–H and O–H groups in total. The van der Waals surface area contributed by atoms with E-state index in [1.54, 1.807) is 29.2 Å². The Hall–Kier alpha value is -2.62. The van der Waals surface area contributed by atoms with Crippen molar-refractivity contribution < 1.29 is 22.1 Å². The predicted molar refractivity (Wildman–Crippen MR) is 111 cm³/mol. The van der Waals surface area contributed by atoms with Gasteiger partial charge >= 0.3 is 16.2 Å². The van der Waals surface area contributed by atoms with E-state index in [9.17, 15) is 13.2 Å². The van der Waals surface area contributed by atoms with E-state index in [1.165, 1.54) is 0 Å². The number of benzene rings is 2. The average Bonchev–Trinajstić information content (AvgIpc) is 2.69. The Labute approximate surface area is 171 Å². The highest BCUT2D eigenvalue weighted by atomic mass is 32.2. The highest BCUT2D eigenvalue weighted by Crippen LogP contribution is 2.16. The quantitative estimate of drug-likeness (QED) is 0.420. The predicted octanol–water partition coefficient (Wildman–Crippen LogP) is 1.71. The Morgan fingerprint density at radius 1 is 1.03 bits per heavy atom. The van der Waals surface area contributed by atoms with Crippen molar-refractivity contribution in [3.05, 3.63) is 65.7 Å². The molecular formula is C20H27N3O5S. The third-order valence-corrected chi connectivity index (χ3v) is 4.38. The van der Waals surface area contributed by atoms with Crippen LogP contribution in [0, 0.1) is 0 Å². The molecule has 0 fully saturated rings. The lowest BCUT2D eigenvalue weighted by Gasteiger charge is -2.22. The highest BCUT2D eigenvalue weighted by molar-refractivity contribution is 7.86. The van der Waals surface area contributed by atoms with Crippen molar-refractivity contribution in [2.45, 2.75) is 13.2 Å². The second kappa shape index (κ2) is 11.4. The summed E-state index contributed by atoms with van der Waals surface area (Å²) in [5.74, 6) is 0.221. The summed E-state index contributed by atoms with van der Waals surface area (Å²) in [5, 5.41) is 3.15. The van der Waals surface area contributed by atoms with Crippen molar-refractivity contribution in [3.8, 4) is 5.75 Å². The number of ether oxygens (including phenoxy) is 1. The van der Waals surface area contributed by atoms with Crippen molar-refractivity contribution in [2.24, 2.45) is 5.73 Å². The Morgan fingerprint density at radius 2 is 1.72 bits per heavy atom. The normalized spacial score (nSPS) is 11.1. The van der Waals surface area contributed by atoms with Crippen molar-refractivity contribution in [3.63, 3.8) is 0 Å². The fourth-order valence-corrected chi connectivity index (χ4v) is 2.99. The number of carbonyl (C=O) groups excluding carboxylic acids is 1. The van der Waals surface area contributed by atoms with Crippen LogP contribution in [0.5, 0.6) is 5.75 Å². The second-order valence-corrected chi connectivity index (χ2v) is 8.01. The maximum atomic E-state index is 12.6. The Bertz CT molecular complexity index is 857. The number of hydrogen-bond donors (Lipinski definition) is 2. The molecule has 2 aromatic carbocycles. The Balaban J connectivity index is 1.99. The summed E-state index contributed by atoms with van der Waals surface area (Å²) < 4.78 is 32.7. The van der Waals surface area contributed by atoms with Crippen LogP contribution in [0.25, 0.3) is 0 Å². The van der Waals surface area contributed by atoms with Gasteiger partial charge in [-0.15, -0.1) is 0 Å². The lowest BCUT2D eigenvalue weighted by molar-refractivity contribution is 0.0939. The van der Waals surface area contributed by atoms with Crippen molar-refractivity contribution in [1.82, 2.24) is 10.2 Å². The smallest absolute Gasteiger partial charge is 0.410 e. The van der Waals surface area contributed by atoms with E-state index in [2.05, 4.69) is 5.32 Å². The van der Waals surface area contributed by atoms with Crippen LogP contribution in [0.3, 0.4) is 0 Å². The zero-order valence-corrected chi connectivity index (χ0v) is 17.2. The third-order valence-electron chi connectivity index (χ3n) is 3.89. The molecule has 0 spiro atoms. The number of nitrogens with zero attached hydrogens (tertiary/aromatic N) is 1. The number of amides is 1. The molecule has 2 aromatic rings. The Kier molecular flexibility index (Phi) is 8.91. The monoisotopic (exact) mass is 421 g/mol. The number of carbonyl (C=O) groups is 1. The minimum atomic E-state index is -3.58. The summed E-state index contributed by atoms with van der Waals surface area (Å²) >= 11 is 0. The summed E-state index contributed by atoms with van der Waals surface area (Å²) in [6, 6.07) is 16.0. The molecule has 0 aliphatic carbocycles. The van der Waals surface area contributed by atoms with E-state index in [4.69, 9.17) is 14.7 Å². The van der Waals surface area contributed by atoms with E-state index in [-0.39, 0.29) is 12.4 Å². The molecule has 0 saturated carbocycles. The van der Waals surface area contributed by atoms with Crippen LogP contribution in [0.2, 0.25) is 0 Å². The van der Waals surface area contributed by atoms with Crippen LogP contribution in [0.15, 0.2) is 54.6 Å². The first-order valence-electron chi connectivity index (χ1n) is 9.22. The summed E-state index contributed by atoms with van der Waals surface area (Å²) in [6.07, 6.45) is 0.555. The van der Waals surface area contributed by atoms with Gasteiger partial charge in [0.1, 0.15) is 12.4 Å². The van der Waals surface area contributed by atoms with Gasteiger partial charge in [-0.1, -0.05) is 42.5 Å². The van der Waals surface area contributed by atoms with Gasteiger partial charge in [0.2, 0.25) is 0 Å². The largest absolute Gasteiger partial charge is 0.445 e. The molecule has 0 heterocycles. The molecule has 0 aliphatic heterocycles. The van der Waals surface area contributed by atoms with E-state index in [0.29, 0.717) is 32.7 Å².